The fraction of sp³-hybridized carbons (Fsp3) is 0.529. The van der Waals surface area contributed by atoms with Crippen molar-refractivity contribution in [1.82, 2.24) is 5.43 Å². The van der Waals surface area contributed by atoms with Crippen molar-refractivity contribution < 1.29 is 19.7 Å². The zero-order valence-corrected chi connectivity index (χ0v) is 13.6. The van der Waals surface area contributed by atoms with Crippen LogP contribution in [0.25, 0.3) is 0 Å². The predicted octanol–water partition coefficient (Wildman–Crippen LogP) is 2.48. The van der Waals surface area contributed by atoms with Gasteiger partial charge in [0.2, 0.25) is 0 Å². The predicted molar refractivity (Wildman–Crippen MR) is 87.6 cm³/mol. The van der Waals surface area contributed by atoms with E-state index in [4.69, 9.17) is 4.74 Å². The number of phenolic OH excluding ortho intramolecular Hbond substituents is 2. The fourth-order valence-electron chi connectivity index (χ4n) is 2.74. The lowest BCUT2D eigenvalue weighted by molar-refractivity contribution is -0.147. The van der Waals surface area contributed by atoms with E-state index in [0.29, 0.717) is 5.56 Å². The summed E-state index contributed by atoms with van der Waals surface area (Å²) in [5.74, 6) is -0.831. The number of methoxy groups -OCH3 is 1. The monoisotopic (exact) mass is 320 g/mol. The third kappa shape index (κ3) is 4.37. The van der Waals surface area contributed by atoms with Crippen molar-refractivity contribution in [3.05, 3.63) is 23.8 Å². The van der Waals surface area contributed by atoms with Gasteiger partial charge in [-0.15, -0.1) is 0 Å². The van der Waals surface area contributed by atoms with Crippen molar-refractivity contribution in [2.45, 2.75) is 51.0 Å². The Morgan fingerprint density at radius 2 is 1.96 bits per heavy atom. The Morgan fingerprint density at radius 3 is 2.57 bits per heavy atom. The van der Waals surface area contributed by atoms with Crippen LogP contribution in [-0.4, -0.2) is 34.5 Å². The van der Waals surface area contributed by atoms with Gasteiger partial charge < -0.3 is 14.9 Å². The summed E-state index contributed by atoms with van der Waals surface area (Å²) in [5.41, 5.74) is 3.70. The highest BCUT2D eigenvalue weighted by Crippen LogP contribution is 2.27. The molecule has 0 aromatic heterocycles. The molecule has 6 nitrogen and oxygen atoms in total. The second-order valence-corrected chi connectivity index (χ2v) is 6.17. The summed E-state index contributed by atoms with van der Waals surface area (Å²) in [6, 6.07) is 4.49. The highest BCUT2D eigenvalue weighted by Gasteiger charge is 2.35. The fourth-order valence-corrected chi connectivity index (χ4v) is 2.74. The summed E-state index contributed by atoms with van der Waals surface area (Å²) in [5, 5.41) is 23.4. The van der Waals surface area contributed by atoms with Crippen molar-refractivity contribution in [3.8, 4) is 11.5 Å². The van der Waals surface area contributed by atoms with E-state index < -0.39 is 11.5 Å². The van der Waals surface area contributed by atoms with Gasteiger partial charge in [-0.3, -0.25) is 5.43 Å². The Balaban J connectivity index is 2.17. The number of benzene rings is 1. The number of aromatic hydroxyl groups is 2. The van der Waals surface area contributed by atoms with Crippen LogP contribution in [0.4, 0.5) is 0 Å². The Labute approximate surface area is 136 Å². The minimum Gasteiger partial charge on any atom is -0.504 e. The third-order valence-electron chi connectivity index (χ3n) is 4.12. The second kappa shape index (κ2) is 7.35. The van der Waals surface area contributed by atoms with Gasteiger partial charge in [-0.1, -0.05) is 12.5 Å². The van der Waals surface area contributed by atoms with Crippen molar-refractivity contribution >= 4 is 11.7 Å². The second-order valence-electron chi connectivity index (χ2n) is 6.17. The molecule has 0 aliphatic heterocycles. The first kappa shape index (κ1) is 17.1. The van der Waals surface area contributed by atoms with Crippen LogP contribution in [0, 0.1) is 0 Å². The van der Waals surface area contributed by atoms with Crippen molar-refractivity contribution in [3.63, 3.8) is 0 Å². The molecule has 1 saturated carbocycles. The van der Waals surface area contributed by atoms with E-state index in [2.05, 4.69) is 10.5 Å². The van der Waals surface area contributed by atoms with Crippen molar-refractivity contribution in [2.24, 2.45) is 5.10 Å². The molecule has 23 heavy (non-hydrogen) atoms. The lowest BCUT2D eigenvalue weighted by Crippen LogP contribution is -2.50. The maximum absolute atomic E-state index is 12.2. The van der Waals surface area contributed by atoms with Crippen molar-refractivity contribution in [2.75, 3.05) is 7.11 Å². The van der Waals surface area contributed by atoms with E-state index >= 15 is 0 Å². The zero-order chi connectivity index (χ0) is 16.9. The third-order valence-corrected chi connectivity index (χ3v) is 4.12. The summed E-state index contributed by atoms with van der Waals surface area (Å²) in [4.78, 5) is 12.2. The Bertz CT molecular complexity index is 592. The van der Waals surface area contributed by atoms with Crippen LogP contribution >= 0.6 is 0 Å². The molecule has 1 fully saturated rings. The van der Waals surface area contributed by atoms with Gasteiger partial charge in [-0.25, -0.2) is 4.79 Å². The number of phenols is 2. The van der Waals surface area contributed by atoms with Gasteiger partial charge in [0.15, 0.2) is 17.0 Å². The number of hydrogen-bond donors (Lipinski definition) is 3. The number of hydrogen-bond acceptors (Lipinski definition) is 6. The molecule has 2 rings (SSSR count). The number of carbonyl (C=O) groups excluding carboxylic acids is 1. The van der Waals surface area contributed by atoms with Crippen molar-refractivity contribution in [1.29, 1.82) is 0 Å². The Kier molecular flexibility index (Phi) is 5.47. The molecule has 3 N–H and O–H groups in total. The van der Waals surface area contributed by atoms with Crippen LogP contribution in [0.1, 0.15) is 44.6 Å². The first-order chi connectivity index (χ1) is 10.9. The standard InChI is InChI=1S/C17H24N2O4/c1-17(16(22)23-2,19-18-13-6-4-3-5-7-13)11-12-8-9-14(20)15(21)10-12/h8-10,19-21H,3-7,11H2,1-2H3/t17-/m0/s1. The molecule has 0 radical (unpaired) electrons. The minimum absolute atomic E-state index is 0.191. The van der Waals surface area contributed by atoms with E-state index in [1.54, 1.807) is 13.0 Å². The number of ether oxygens (including phenoxy) is 1. The summed E-state index contributed by atoms with van der Waals surface area (Å²) in [7, 11) is 1.34. The number of rotatable bonds is 5. The molecule has 6 heteroatoms. The van der Waals surface area contributed by atoms with Gasteiger partial charge in [0.1, 0.15) is 0 Å². The highest BCUT2D eigenvalue weighted by molar-refractivity contribution is 5.85. The number of hydrazone groups is 1. The lowest BCUT2D eigenvalue weighted by atomic mass is 9.93. The van der Waals surface area contributed by atoms with Gasteiger partial charge in [0, 0.05) is 12.1 Å². The number of esters is 1. The van der Waals surface area contributed by atoms with E-state index in [0.717, 1.165) is 31.4 Å². The van der Waals surface area contributed by atoms with E-state index in [-0.39, 0.29) is 17.9 Å². The van der Waals surface area contributed by atoms with Crippen LogP contribution in [0.3, 0.4) is 0 Å². The highest BCUT2D eigenvalue weighted by atomic mass is 16.5. The lowest BCUT2D eigenvalue weighted by Gasteiger charge is -2.27. The largest absolute Gasteiger partial charge is 0.504 e. The summed E-state index contributed by atoms with van der Waals surface area (Å²) < 4.78 is 4.90. The van der Waals surface area contributed by atoms with Crippen LogP contribution in [-0.2, 0) is 16.0 Å². The normalized spacial score (nSPS) is 17.2. The zero-order valence-electron chi connectivity index (χ0n) is 13.6. The van der Waals surface area contributed by atoms with Crippen LogP contribution < -0.4 is 5.43 Å². The molecule has 1 aliphatic rings. The number of nitrogens with zero attached hydrogens (tertiary/aromatic N) is 1. The number of carbonyl (C=O) groups is 1. The average molecular weight is 320 g/mol. The quantitative estimate of drug-likeness (QED) is 0.440. The molecule has 1 aliphatic carbocycles. The van der Waals surface area contributed by atoms with Gasteiger partial charge in [-0.2, -0.15) is 5.10 Å². The van der Waals surface area contributed by atoms with Gasteiger partial charge in [-0.05, 0) is 50.3 Å². The first-order valence-corrected chi connectivity index (χ1v) is 7.86. The van der Waals surface area contributed by atoms with Gasteiger partial charge in [0.05, 0.1) is 7.11 Å². The van der Waals surface area contributed by atoms with Crippen LogP contribution in [0.2, 0.25) is 0 Å². The molecular formula is C17H24N2O4. The molecule has 1 aromatic carbocycles. The van der Waals surface area contributed by atoms with E-state index in [9.17, 15) is 15.0 Å². The SMILES string of the molecule is COC(=O)[C@](C)(Cc1ccc(O)c(O)c1)NN=C1CCCCC1. The molecule has 0 saturated heterocycles. The summed E-state index contributed by atoms with van der Waals surface area (Å²) >= 11 is 0. The van der Waals surface area contributed by atoms with E-state index in [1.807, 2.05) is 0 Å². The van der Waals surface area contributed by atoms with Gasteiger partial charge >= 0.3 is 5.97 Å². The topological polar surface area (TPSA) is 91.2 Å². The molecule has 0 spiro atoms. The molecule has 126 valence electrons. The summed E-state index contributed by atoms with van der Waals surface area (Å²) in [6.45, 7) is 1.72. The first-order valence-electron chi connectivity index (χ1n) is 7.86. The average Bonchev–Trinajstić information content (AvgIpc) is 2.56. The molecule has 0 unspecified atom stereocenters. The summed E-state index contributed by atoms with van der Waals surface area (Å²) in [6.07, 6.45) is 5.65. The number of nitrogens with one attached hydrogen (secondary N) is 1. The molecule has 1 atom stereocenters. The maximum Gasteiger partial charge on any atom is 0.333 e. The molecule has 1 aromatic rings. The molecule has 0 heterocycles. The van der Waals surface area contributed by atoms with Gasteiger partial charge in [0.25, 0.3) is 0 Å². The Hall–Kier alpha value is -2.24. The Morgan fingerprint density at radius 1 is 1.26 bits per heavy atom. The maximum atomic E-state index is 12.2. The van der Waals surface area contributed by atoms with E-state index in [1.165, 1.54) is 25.7 Å². The van der Waals surface area contributed by atoms with Crippen LogP contribution in [0.5, 0.6) is 11.5 Å². The van der Waals surface area contributed by atoms with Crippen LogP contribution in [0.15, 0.2) is 23.3 Å². The molecule has 0 bridgehead atoms. The smallest absolute Gasteiger partial charge is 0.333 e. The molecule has 0 amide bonds. The minimum atomic E-state index is -1.04. The molecular weight excluding hydrogens is 296 g/mol.